The van der Waals surface area contributed by atoms with E-state index in [0.717, 1.165) is 18.0 Å². The molecular weight excluding hydrogens is 182 g/mol. The summed E-state index contributed by atoms with van der Waals surface area (Å²) in [6, 6.07) is 0. The van der Waals surface area contributed by atoms with Crippen molar-refractivity contribution in [1.29, 1.82) is 0 Å². The molecule has 88 valence electrons. The lowest BCUT2D eigenvalue weighted by molar-refractivity contribution is 0.230. The number of hydrogen-bond acceptors (Lipinski definition) is 1. The van der Waals surface area contributed by atoms with Crippen molar-refractivity contribution >= 4 is 0 Å². The Morgan fingerprint density at radius 3 is 2.07 bits per heavy atom. The van der Waals surface area contributed by atoms with Crippen LogP contribution in [0.3, 0.4) is 0 Å². The normalized spacial score (nSPS) is 16.9. The van der Waals surface area contributed by atoms with Crippen molar-refractivity contribution in [3.05, 3.63) is 24.9 Å². The van der Waals surface area contributed by atoms with Crippen LogP contribution in [0.25, 0.3) is 0 Å². The smallest absolute Gasteiger partial charge is 0.00684 e. The Bertz CT molecular complexity index is 205. The number of hydrogen-bond donors (Lipinski definition) is 1. The van der Waals surface area contributed by atoms with Crippen LogP contribution in [0.2, 0.25) is 0 Å². The fourth-order valence-corrected chi connectivity index (χ4v) is 2.01. The first-order chi connectivity index (χ1) is 6.95. The molecular formula is C14H27N. The van der Waals surface area contributed by atoms with Crippen molar-refractivity contribution in [3.8, 4) is 0 Å². The van der Waals surface area contributed by atoms with Crippen molar-refractivity contribution in [2.75, 3.05) is 7.05 Å². The maximum atomic E-state index is 4.10. The average molecular weight is 209 g/mol. The molecule has 0 aromatic carbocycles. The van der Waals surface area contributed by atoms with Crippen LogP contribution in [0.4, 0.5) is 0 Å². The minimum atomic E-state index is 0.505. The molecule has 0 aliphatic carbocycles. The van der Waals surface area contributed by atoms with Gasteiger partial charge < -0.3 is 5.32 Å². The van der Waals surface area contributed by atoms with E-state index in [4.69, 9.17) is 0 Å². The van der Waals surface area contributed by atoms with E-state index in [2.05, 4.69) is 46.2 Å². The summed E-state index contributed by atoms with van der Waals surface area (Å²) in [6.07, 6.45) is 3.01. The molecule has 0 aliphatic rings. The molecule has 3 atom stereocenters. The van der Waals surface area contributed by atoms with Crippen LogP contribution < -0.4 is 5.32 Å². The van der Waals surface area contributed by atoms with Crippen LogP contribution in [-0.4, -0.2) is 7.05 Å². The van der Waals surface area contributed by atoms with Crippen molar-refractivity contribution in [2.45, 2.75) is 34.1 Å². The van der Waals surface area contributed by atoms with Gasteiger partial charge in [0.05, 0.1) is 0 Å². The molecule has 0 aromatic rings. The van der Waals surface area contributed by atoms with Crippen LogP contribution in [0.15, 0.2) is 24.9 Å². The van der Waals surface area contributed by atoms with Gasteiger partial charge in [-0.15, -0.1) is 6.58 Å². The van der Waals surface area contributed by atoms with Crippen LogP contribution in [0.5, 0.6) is 0 Å². The van der Waals surface area contributed by atoms with Gasteiger partial charge in [-0.05, 0) is 24.2 Å². The fraction of sp³-hybridized carbons (Fsp3) is 0.714. The van der Waals surface area contributed by atoms with E-state index in [1.807, 2.05) is 13.1 Å². The largest absolute Gasteiger partial charge is 0.392 e. The monoisotopic (exact) mass is 209 g/mol. The summed E-state index contributed by atoms with van der Waals surface area (Å²) >= 11 is 0. The van der Waals surface area contributed by atoms with E-state index in [0.29, 0.717) is 17.8 Å². The predicted molar refractivity (Wildman–Crippen MR) is 69.7 cm³/mol. The van der Waals surface area contributed by atoms with Gasteiger partial charge in [-0.3, -0.25) is 0 Å². The molecule has 0 spiro atoms. The summed E-state index contributed by atoms with van der Waals surface area (Å²) in [4.78, 5) is 0. The Balaban J connectivity index is 4.60. The Morgan fingerprint density at radius 2 is 1.73 bits per heavy atom. The molecule has 1 N–H and O–H groups in total. The molecule has 0 rings (SSSR count). The van der Waals surface area contributed by atoms with E-state index in [1.165, 1.54) is 0 Å². The summed E-state index contributed by atoms with van der Waals surface area (Å²) in [7, 11) is 1.95. The molecule has 0 heterocycles. The minimum absolute atomic E-state index is 0.505. The van der Waals surface area contributed by atoms with Gasteiger partial charge in [-0.1, -0.05) is 40.3 Å². The van der Waals surface area contributed by atoms with Gasteiger partial charge in [0.2, 0.25) is 0 Å². The lowest BCUT2D eigenvalue weighted by Gasteiger charge is -2.32. The van der Waals surface area contributed by atoms with Gasteiger partial charge in [-0.2, -0.15) is 0 Å². The van der Waals surface area contributed by atoms with E-state index < -0.39 is 0 Å². The molecule has 0 amide bonds. The highest BCUT2D eigenvalue weighted by atomic mass is 14.8. The number of rotatable bonds is 7. The Hall–Kier alpha value is -0.720. The molecule has 1 nitrogen and oxygen atoms in total. The highest BCUT2D eigenvalue weighted by Crippen LogP contribution is 2.32. The zero-order chi connectivity index (χ0) is 12.0. The van der Waals surface area contributed by atoms with Crippen molar-refractivity contribution in [3.63, 3.8) is 0 Å². The van der Waals surface area contributed by atoms with Gasteiger partial charge >= 0.3 is 0 Å². The molecule has 0 radical (unpaired) electrons. The van der Waals surface area contributed by atoms with Crippen molar-refractivity contribution in [1.82, 2.24) is 5.32 Å². The minimum Gasteiger partial charge on any atom is -0.392 e. The maximum absolute atomic E-state index is 4.10. The standard InChI is InChI=1S/C14H27N/c1-8-9-14(13(6)15-7)12(5)11(4)10(2)3/h8,10-12,14-15H,1,6,9H2,2-5,7H3. The maximum Gasteiger partial charge on any atom is 0.00684 e. The van der Waals surface area contributed by atoms with Crippen molar-refractivity contribution < 1.29 is 0 Å². The van der Waals surface area contributed by atoms with Gasteiger partial charge in [0.25, 0.3) is 0 Å². The summed E-state index contributed by atoms with van der Waals surface area (Å²) in [5.74, 6) is 2.57. The highest BCUT2D eigenvalue weighted by Gasteiger charge is 2.25. The first-order valence-electron chi connectivity index (χ1n) is 5.93. The topological polar surface area (TPSA) is 12.0 Å². The third-order valence-electron chi connectivity index (χ3n) is 3.70. The molecule has 15 heavy (non-hydrogen) atoms. The van der Waals surface area contributed by atoms with Crippen molar-refractivity contribution in [2.24, 2.45) is 23.7 Å². The second-order valence-corrected chi connectivity index (χ2v) is 4.87. The Morgan fingerprint density at radius 1 is 1.20 bits per heavy atom. The second kappa shape index (κ2) is 6.71. The molecule has 0 saturated carbocycles. The van der Waals surface area contributed by atoms with Gasteiger partial charge in [0, 0.05) is 18.7 Å². The van der Waals surface area contributed by atoms with Crippen LogP contribution in [0, 0.1) is 23.7 Å². The van der Waals surface area contributed by atoms with Gasteiger partial charge in [0.15, 0.2) is 0 Å². The SMILES string of the molecule is C=CCC(C(=C)NC)C(C)C(C)C(C)C. The lowest BCUT2D eigenvalue weighted by atomic mass is 9.76. The van der Waals surface area contributed by atoms with E-state index in [-0.39, 0.29) is 0 Å². The molecule has 0 saturated heterocycles. The fourth-order valence-electron chi connectivity index (χ4n) is 2.01. The Kier molecular flexibility index (Phi) is 6.38. The van der Waals surface area contributed by atoms with Gasteiger partial charge in [0.1, 0.15) is 0 Å². The predicted octanol–water partition coefficient (Wildman–Crippen LogP) is 3.84. The molecule has 0 aromatic heterocycles. The van der Waals surface area contributed by atoms with E-state index in [1.54, 1.807) is 0 Å². The summed E-state index contributed by atoms with van der Waals surface area (Å²) < 4.78 is 0. The van der Waals surface area contributed by atoms with E-state index >= 15 is 0 Å². The Labute approximate surface area is 95.7 Å². The summed E-state index contributed by atoms with van der Waals surface area (Å²) in [5.41, 5.74) is 1.13. The first-order valence-corrected chi connectivity index (χ1v) is 5.93. The zero-order valence-corrected chi connectivity index (χ0v) is 11.0. The number of allylic oxidation sites excluding steroid dienone is 2. The summed E-state index contributed by atoms with van der Waals surface area (Å²) in [5, 5.41) is 3.18. The highest BCUT2D eigenvalue weighted by molar-refractivity contribution is 5.02. The average Bonchev–Trinajstić information content (AvgIpc) is 2.22. The third kappa shape index (κ3) is 4.11. The lowest BCUT2D eigenvalue weighted by Crippen LogP contribution is -2.27. The van der Waals surface area contributed by atoms with Crippen LogP contribution >= 0.6 is 0 Å². The quantitative estimate of drug-likeness (QED) is 0.628. The summed E-state index contributed by atoms with van der Waals surface area (Å²) in [6.45, 7) is 17.2. The third-order valence-corrected chi connectivity index (χ3v) is 3.70. The molecule has 3 unspecified atom stereocenters. The second-order valence-electron chi connectivity index (χ2n) is 4.87. The van der Waals surface area contributed by atoms with Gasteiger partial charge in [-0.25, -0.2) is 0 Å². The molecule has 1 heteroatoms. The number of nitrogens with one attached hydrogen (secondary N) is 1. The van der Waals surface area contributed by atoms with Crippen LogP contribution in [-0.2, 0) is 0 Å². The molecule has 0 aliphatic heterocycles. The molecule has 0 fully saturated rings. The molecule has 0 bridgehead atoms. The first kappa shape index (κ1) is 14.3. The zero-order valence-electron chi connectivity index (χ0n) is 11.0. The van der Waals surface area contributed by atoms with E-state index in [9.17, 15) is 0 Å². The van der Waals surface area contributed by atoms with Crippen LogP contribution in [0.1, 0.15) is 34.1 Å².